The number of hydrogen-bond acceptors (Lipinski definition) is 5. The third kappa shape index (κ3) is 8.77. The Morgan fingerprint density at radius 1 is 1.16 bits per heavy atom. The summed E-state index contributed by atoms with van der Waals surface area (Å²) in [5.41, 5.74) is 0. The van der Waals surface area contributed by atoms with E-state index >= 15 is 0 Å². The van der Waals surface area contributed by atoms with E-state index in [0.29, 0.717) is 31.4 Å². The molecular formula is C26H38O6. The molecule has 1 saturated carbocycles. The molecule has 6 atom stereocenters. The van der Waals surface area contributed by atoms with Crippen LogP contribution < -0.4 is 4.74 Å². The molecule has 0 amide bonds. The van der Waals surface area contributed by atoms with Crippen molar-refractivity contribution in [3.05, 3.63) is 54.6 Å². The molecule has 0 heterocycles. The van der Waals surface area contributed by atoms with Gasteiger partial charge < -0.3 is 25.2 Å². The number of carbonyl (C=O) groups is 1. The maximum Gasteiger partial charge on any atom is 0.303 e. The molecule has 2 rings (SSSR count). The molecule has 178 valence electrons. The smallest absolute Gasteiger partial charge is 0.303 e. The van der Waals surface area contributed by atoms with E-state index in [1.807, 2.05) is 48.6 Å². The number of benzene rings is 1. The van der Waals surface area contributed by atoms with Crippen LogP contribution in [0.1, 0.15) is 58.3 Å². The number of ether oxygens (including phenoxy) is 1. The summed E-state index contributed by atoms with van der Waals surface area (Å²) in [6, 6.07) is 9.43. The second-order valence-electron chi connectivity index (χ2n) is 8.59. The molecule has 1 aromatic rings. The molecule has 32 heavy (non-hydrogen) atoms. The molecule has 1 aliphatic rings. The Labute approximate surface area is 191 Å². The maximum absolute atomic E-state index is 10.8. The Hall–Kier alpha value is -2.15. The van der Waals surface area contributed by atoms with Gasteiger partial charge in [-0.2, -0.15) is 0 Å². The molecule has 0 bridgehead atoms. The fourth-order valence-electron chi connectivity index (χ4n) is 4.19. The van der Waals surface area contributed by atoms with Gasteiger partial charge in [0, 0.05) is 18.8 Å². The Morgan fingerprint density at radius 2 is 1.91 bits per heavy atom. The molecule has 0 radical (unpaired) electrons. The Bertz CT molecular complexity index is 716. The van der Waals surface area contributed by atoms with Gasteiger partial charge in [-0.3, -0.25) is 4.79 Å². The zero-order valence-electron chi connectivity index (χ0n) is 18.9. The summed E-state index contributed by atoms with van der Waals surface area (Å²) in [7, 11) is 0. The number of para-hydroxylation sites is 1. The minimum atomic E-state index is -0.820. The lowest BCUT2D eigenvalue weighted by Gasteiger charge is -2.24. The highest BCUT2D eigenvalue weighted by atomic mass is 16.5. The lowest BCUT2D eigenvalue weighted by molar-refractivity contribution is -0.137. The molecule has 1 aromatic carbocycles. The fraction of sp³-hybridized carbons (Fsp3) is 0.577. The van der Waals surface area contributed by atoms with E-state index in [-0.39, 0.29) is 24.4 Å². The van der Waals surface area contributed by atoms with Crippen LogP contribution in [0.3, 0.4) is 0 Å². The zero-order chi connectivity index (χ0) is 23.3. The number of carboxylic acids is 1. The van der Waals surface area contributed by atoms with Gasteiger partial charge in [0.15, 0.2) is 0 Å². The fourth-order valence-corrected chi connectivity index (χ4v) is 4.19. The van der Waals surface area contributed by atoms with Crippen molar-refractivity contribution in [1.29, 1.82) is 0 Å². The van der Waals surface area contributed by atoms with E-state index in [9.17, 15) is 20.1 Å². The summed E-state index contributed by atoms with van der Waals surface area (Å²) in [4.78, 5) is 10.6. The molecule has 0 aliphatic heterocycles. The van der Waals surface area contributed by atoms with E-state index < -0.39 is 24.3 Å². The van der Waals surface area contributed by atoms with Crippen molar-refractivity contribution in [2.75, 3.05) is 0 Å². The predicted molar refractivity (Wildman–Crippen MR) is 124 cm³/mol. The zero-order valence-corrected chi connectivity index (χ0v) is 18.9. The highest BCUT2D eigenvalue weighted by Gasteiger charge is 2.39. The minimum Gasteiger partial charge on any atom is -0.487 e. The third-order valence-electron chi connectivity index (χ3n) is 6.04. The van der Waals surface area contributed by atoms with Crippen LogP contribution in [0.15, 0.2) is 54.6 Å². The van der Waals surface area contributed by atoms with Gasteiger partial charge in [-0.1, -0.05) is 55.8 Å². The molecule has 6 nitrogen and oxygen atoms in total. The highest BCUT2D eigenvalue weighted by Crippen LogP contribution is 2.36. The van der Waals surface area contributed by atoms with Crippen molar-refractivity contribution in [1.82, 2.24) is 0 Å². The lowest BCUT2D eigenvalue weighted by atomic mass is 9.89. The van der Waals surface area contributed by atoms with Crippen LogP contribution >= 0.6 is 0 Å². The van der Waals surface area contributed by atoms with E-state index in [0.717, 1.165) is 19.3 Å². The van der Waals surface area contributed by atoms with E-state index in [4.69, 9.17) is 9.84 Å². The number of carboxylic acid groups (broad SMARTS) is 1. The molecule has 4 N–H and O–H groups in total. The number of aliphatic hydroxyl groups excluding tert-OH is 3. The van der Waals surface area contributed by atoms with Crippen LogP contribution in [0.4, 0.5) is 0 Å². The lowest BCUT2D eigenvalue weighted by Crippen LogP contribution is -2.31. The SMILES string of the molecule is CCCCC(Oc1ccccc1)[C@H](O)/C=C/[C@@H]1[C@@H](C/C=C/CCCC(=O)O)[C@@H](O)C[C@H]1O. The maximum atomic E-state index is 10.8. The van der Waals surface area contributed by atoms with Gasteiger partial charge in [-0.15, -0.1) is 0 Å². The van der Waals surface area contributed by atoms with Crippen molar-refractivity contribution in [2.24, 2.45) is 11.8 Å². The molecule has 1 aliphatic carbocycles. The van der Waals surface area contributed by atoms with Crippen molar-refractivity contribution in [3.63, 3.8) is 0 Å². The van der Waals surface area contributed by atoms with Gasteiger partial charge in [0.1, 0.15) is 18.0 Å². The van der Waals surface area contributed by atoms with Crippen LogP contribution in [-0.4, -0.2) is 50.8 Å². The third-order valence-corrected chi connectivity index (χ3v) is 6.04. The normalized spacial score (nSPS) is 25.4. The quantitative estimate of drug-likeness (QED) is 0.253. The second-order valence-corrected chi connectivity index (χ2v) is 8.59. The van der Waals surface area contributed by atoms with Gasteiger partial charge in [-0.05, 0) is 50.2 Å². The summed E-state index contributed by atoms with van der Waals surface area (Å²) in [6.07, 6.45) is 9.87. The molecule has 1 unspecified atom stereocenters. The average Bonchev–Trinajstić information content (AvgIpc) is 3.04. The van der Waals surface area contributed by atoms with Gasteiger partial charge in [0.2, 0.25) is 0 Å². The summed E-state index contributed by atoms with van der Waals surface area (Å²) < 4.78 is 6.02. The molecule has 1 fully saturated rings. The molecule has 6 heteroatoms. The van der Waals surface area contributed by atoms with E-state index in [2.05, 4.69) is 6.92 Å². The monoisotopic (exact) mass is 446 g/mol. The van der Waals surface area contributed by atoms with E-state index in [1.165, 1.54) is 0 Å². The molecule has 0 spiro atoms. The topological polar surface area (TPSA) is 107 Å². The van der Waals surface area contributed by atoms with Gasteiger partial charge in [0.05, 0.1) is 12.2 Å². The minimum absolute atomic E-state index is 0.141. The first-order valence-electron chi connectivity index (χ1n) is 11.7. The Balaban J connectivity index is 1.97. The number of aliphatic carboxylic acids is 1. The predicted octanol–water partition coefficient (Wildman–Crippen LogP) is 4.10. The first-order valence-corrected chi connectivity index (χ1v) is 11.7. The summed E-state index contributed by atoms with van der Waals surface area (Å²) in [5, 5.41) is 40.3. The first-order chi connectivity index (χ1) is 15.4. The number of aliphatic hydroxyl groups is 3. The Morgan fingerprint density at radius 3 is 2.59 bits per heavy atom. The molecule has 0 saturated heterocycles. The van der Waals surface area contributed by atoms with Gasteiger partial charge in [-0.25, -0.2) is 0 Å². The number of allylic oxidation sites excluding steroid dienone is 2. The average molecular weight is 447 g/mol. The number of hydrogen-bond donors (Lipinski definition) is 4. The van der Waals surface area contributed by atoms with Crippen LogP contribution in [0.25, 0.3) is 0 Å². The van der Waals surface area contributed by atoms with E-state index in [1.54, 1.807) is 6.08 Å². The Kier molecular flexibility index (Phi) is 11.5. The number of rotatable bonds is 14. The molecular weight excluding hydrogens is 408 g/mol. The number of unbranched alkanes of at least 4 members (excludes halogenated alkanes) is 2. The summed E-state index contributed by atoms with van der Waals surface area (Å²) in [6.45, 7) is 2.10. The van der Waals surface area contributed by atoms with Gasteiger partial charge in [0.25, 0.3) is 0 Å². The van der Waals surface area contributed by atoms with Crippen LogP contribution in [-0.2, 0) is 4.79 Å². The summed E-state index contributed by atoms with van der Waals surface area (Å²) in [5.74, 6) is -0.492. The summed E-state index contributed by atoms with van der Waals surface area (Å²) >= 11 is 0. The molecule has 0 aromatic heterocycles. The van der Waals surface area contributed by atoms with Crippen molar-refractivity contribution in [2.45, 2.75) is 82.7 Å². The first kappa shape index (κ1) is 26.1. The second kappa shape index (κ2) is 14.1. The van der Waals surface area contributed by atoms with Crippen LogP contribution in [0, 0.1) is 11.8 Å². The van der Waals surface area contributed by atoms with Crippen molar-refractivity contribution < 1.29 is 30.0 Å². The highest BCUT2D eigenvalue weighted by molar-refractivity contribution is 5.66. The largest absolute Gasteiger partial charge is 0.487 e. The van der Waals surface area contributed by atoms with Crippen molar-refractivity contribution >= 4 is 5.97 Å². The van der Waals surface area contributed by atoms with Crippen LogP contribution in [0.2, 0.25) is 0 Å². The van der Waals surface area contributed by atoms with Gasteiger partial charge >= 0.3 is 5.97 Å². The van der Waals surface area contributed by atoms with Crippen LogP contribution in [0.5, 0.6) is 5.75 Å². The van der Waals surface area contributed by atoms with Crippen molar-refractivity contribution in [3.8, 4) is 5.75 Å². The standard InChI is InChI=1S/C26H38O6/c1-2-3-14-25(32-19-11-7-6-8-12-19)22(27)17-16-21-20(23(28)18-24(21)29)13-9-4-5-10-15-26(30)31/h4,6-9,11-12,16-17,20-25,27-29H,2-3,5,10,13-15,18H2,1H3,(H,30,31)/b9-4+,17-16+/t20-,21-,22-,23+,24-,25?/m1/s1.